The zero-order valence-electron chi connectivity index (χ0n) is 22.2. The van der Waals surface area contributed by atoms with E-state index in [1.165, 1.54) is 19.1 Å². The van der Waals surface area contributed by atoms with Crippen molar-refractivity contribution in [2.75, 3.05) is 19.8 Å². The van der Waals surface area contributed by atoms with Crippen LogP contribution in [0.2, 0.25) is 0 Å². The minimum atomic E-state index is -3.29. The molecular formula is C27H30F4N2O8. The largest absolute Gasteiger partial charge is 0.456 e. The molecular weight excluding hydrogens is 556 g/mol. The highest BCUT2D eigenvalue weighted by Gasteiger charge is 2.50. The molecule has 0 radical (unpaired) electrons. The Balaban J connectivity index is 1.77. The van der Waals surface area contributed by atoms with Crippen LogP contribution < -0.4 is 10.6 Å². The van der Waals surface area contributed by atoms with Gasteiger partial charge in [-0.1, -0.05) is 30.3 Å². The zero-order valence-corrected chi connectivity index (χ0v) is 22.2. The summed E-state index contributed by atoms with van der Waals surface area (Å²) in [5.41, 5.74) is -0.448. The van der Waals surface area contributed by atoms with Crippen molar-refractivity contribution in [3.63, 3.8) is 0 Å². The number of ether oxygens (including phenoxy) is 3. The van der Waals surface area contributed by atoms with Crippen molar-refractivity contribution in [3.05, 3.63) is 59.5 Å². The minimum absolute atomic E-state index is 0.0458. The van der Waals surface area contributed by atoms with Gasteiger partial charge in [0.15, 0.2) is 17.3 Å². The van der Waals surface area contributed by atoms with Gasteiger partial charge in [-0.2, -0.15) is 17.6 Å². The monoisotopic (exact) mass is 586 g/mol. The quantitative estimate of drug-likeness (QED) is 0.213. The Bertz CT molecular complexity index is 1200. The van der Waals surface area contributed by atoms with Crippen LogP contribution >= 0.6 is 0 Å². The lowest BCUT2D eigenvalue weighted by atomic mass is 9.93. The second-order valence-electron chi connectivity index (χ2n) is 9.63. The number of ketones is 2. The molecule has 0 saturated carbocycles. The van der Waals surface area contributed by atoms with Gasteiger partial charge in [0.05, 0.1) is 31.8 Å². The molecule has 1 aromatic heterocycles. The average molecular weight is 587 g/mol. The first-order chi connectivity index (χ1) is 19.4. The van der Waals surface area contributed by atoms with E-state index in [-0.39, 0.29) is 18.8 Å². The van der Waals surface area contributed by atoms with Gasteiger partial charge in [0.25, 0.3) is 5.91 Å². The number of furan rings is 1. The van der Waals surface area contributed by atoms with Crippen molar-refractivity contribution in [3.8, 4) is 0 Å². The van der Waals surface area contributed by atoms with E-state index in [4.69, 9.17) is 9.15 Å². The van der Waals surface area contributed by atoms with Crippen LogP contribution in [0.25, 0.3) is 0 Å². The van der Waals surface area contributed by atoms with Gasteiger partial charge in [0, 0.05) is 6.42 Å². The van der Waals surface area contributed by atoms with Crippen LogP contribution in [0.1, 0.15) is 35.2 Å². The molecule has 3 rings (SSSR count). The molecule has 1 aliphatic heterocycles. The molecule has 1 saturated heterocycles. The van der Waals surface area contributed by atoms with E-state index in [2.05, 4.69) is 20.1 Å². The fourth-order valence-electron chi connectivity index (χ4n) is 3.94. The predicted octanol–water partition coefficient (Wildman–Crippen LogP) is 2.83. The van der Waals surface area contributed by atoms with Gasteiger partial charge in [-0.05, 0) is 38.0 Å². The summed E-state index contributed by atoms with van der Waals surface area (Å²) in [6, 6.07) is 8.59. The molecule has 1 fully saturated rings. The third-order valence-corrected chi connectivity index (χ3v) is 6.30. The van der Waals surface area contributed by atoms with Crippen LogP contribution in [0.15, 0.2) is 46.9 Å². The third kappa shape index (κ3) is 9.76. The molecule has 2 N–H and O–H groups in total. The van der Waals surface area contributed by atoms with Crippen molar-refractivity contribution >= 4 is 23.4 Å². The van der Waals surface area contributed by atoms with Crippen molar-refractivity contribution < 1.29 is 55.4 Å². The number of carbonyl (C=O) groups excluding carboxylic acids is 4. The van der Waals surface area contributed by atoms with Gasteiger partial charge in [0.1, 0.15) is 17.4 Å². The van der Waals surface area contributed by atoms with Crippen LogP contribution in [0, 0.1) is 12.8 Å². The molecule has 1 aliphatic rings. The Hall–Kier alpha value is -3.62. The molecule has 0 unspecified atom stereocenters. The van der Waals surface area contributed by atoms with Gasteiger partial charge in [-0.3, -0.25) is 19.2 Å². The first-order valence-electron chi connectivity index (χ1n) is 12.6. The maximum Gasteiger partial charge on any atom is 0.345 e. The van der Waals surface area contributed by atoms with Gasteiger partial charge >= 0.3 is 13.2 Å². The average Bonchev–Trinajstić information content (AvgIpc) is 3.53. The number of hydrogen-bond acceptors (Lipinski definition) is 8. The number of halogens is 4. The predicted molar refractivity (Wildman–Crippen MR) is 133 cm³/mol. The van der Waals surface area contributed by atoms with Crippen LogP contribution in [0.3, 0.4) is 0 Å². The molecule has 4 atom stereocenters. The number of rotatable bonds is 17. The number of carbonyl (C=O) groups is 4. The number of nitrogens with one attached hydrogen (secondary N) is 2. The molecule has 10 nitrogen and oxygen atoms in total. The van der Waals surface area contributed by atoms with Crippen molar-refractivity contribution in [1.29, 1.82) is 0 Å². The molecule has 2 amide bonds. The number of epoxide rings is 1. The summed E-state index contributed by atoms with van der Waals surface area (Å²) in [5.74, 6) is -4.77. The number of benzene rings is 1. The SMILES string of the molecule is Cc1ccc(C(=O)N[C@@H](COC(F)F)C(=O)C[C@@H](COC(F)F)C(=O)N[C@@H](Cc2ccccc2)C(=O)[C@@]2(C)CO2)o1. The maximum absolute atomic E-state index is 13.2. The van der Waals surface area contributed by atoms with Crippen LogP contribution in [-0.2, 0) is 35.0 Å². The van der Waals surface area contributed by atoms with Crippen molar-refractivity contribution in [1.82, 2.24) is 10.6 Å². The van der Waals surface area contributed by atoms with Gasteiger partial charge in [0.2, 0.25) is 5.91 Å². The van der Waals surface area contributed by atoms with Gasteiger partial charge in [-0.15, -0.1) is 0 Å². The van der Waals surface area contributed by atoms with Gasteiger partial charge in [-0.25, -0.2) is 0 Å². The van der Waals surface area contributed by atoms with Crippen LogP contribution in [0.5, 0.6) is 0 Å². The van der Waals surface area contributed by atoms with E-state index in [0.717, 1.165) is 0 Å². The Kier molecular flexibility index (Phi) is 11.1. The number of aryl methyl sites for hydroxylation is 1. The Morgan fingerprint density at radius 2 is 1.56 bits per heavy atom. The Morgan fingerprint density at radius 3 is 2.12 bits per heavy atom. The molecule has 41 heavy (non-hydrogen) atoms. The molecule has 0 aliphatic carbocycles. The highest BCUT2D eigenvalue weighted by Crippen LogP contribution is 2.29. The lowest BCUT2D eigenvalue weighted by molar-refractivity contribution is -0.155. The second-order valence-corrected chi connectivity index (χ2v) is 9.63. The molecule has 224 valence electrons. The normalized spacial score (nSPS) is 18.5. The second kappa shape index (κ2) is 14.3. The minimum Gasteiger partial charge on any atom is -0.456 e. The summed E-state index contributed by atoms with van der Waals surface area (Å²) in [6.45, 7) is -5.27. The topological polar surface area (TPSA) is 136 Å². The van der Waals surface area contributed by atoms with E-state index in [9.17, 15) is 36.7 Å². The molecule has 1 aromatic carbocycles. The van der Waals surface area contributed by atoms with E-state index < -0.39 is 79.8 Å². The lowest BCUT2D eigenvalue weighted by Gasteiger charge is -2.24. The van der Waals surface area contributed by atoms with E-state index in [0.29, 0.717) is 11.3 Å². The first kappa shape index (κ1) is 31.9. The zero-order chi connectivity index (χ0) is 30.2. The van der Waals surface area contributed by atoms with E-state index >= 15 is 0 Å². The van der Waals surface area contributed by atoms with Crippen LogP contribution in [0.4, 0.5) is 17.6 Å². The van der Waals surface area contributed by atoms with Crippen LogP contribution in [-0.4, -0.2) is 74.1 Å². The lowest BCUT2D eigenvalue weighted by Crippen LogP contribution is -2.51. The molecule has 14 heteroatoms. The van der Waals surface area contributed by atoms with E-state index in [1.54, 1.807) is 37.3 Å². The summed E-state index contributed by atoms with van der Waals surface area (Å²) in [7, 11) is 0. The fraction of sp³-hybridized carbons (Fsp3) is 0.481. The van der Waals surface area contributed by atoms with E-state index in [1.807, 2.05) is 0 Å². The Morgan fingerprint density at radius 1 is 0.927 bits per heavy atom. The molecule has 2 aromatic rings. The third-order valence-electron chi connectivity index (χ3n) is 6.30. The summed E-state index contributed by atoms with van der Waals surface area (Å²) in [6.07, 6.45) is -0.766. The standard InChI is InChI=1S/C27H30F4N2O8/c1-15-8-9-21(41-15)24(37)33-19(13-39-26(30)31)20(34)11-17(12-38-25(28)29)23(36)32-18(22(35)27(2)14-40-27)10-16-6-4-3-5-7-16/h3-9,17-19,25-26H,10-14H2,1-2H3,(H,32,36)(H,33,37)/t17-,18-,19-,27+/m0/s1. The first-order valence-corrected chi connectivity index (χ1v) is 12.6. The summed E-state index contributed by atoms with van der Waals surface area (Å²) in [4.78, 5) is 51.9. The smallest absolute Gasteiger partial charge is 0.345 e. The molecule has 0 spiro atoms. The van der Waals surface area contributed by atoms with Crippen molar-refractivity contribution in [2.45, 2.75) is 57.6 Å². The fourth-order valence-corrected chi connectivity index (χ4v) is 3.94. The molecule has 0 bridgehead atoms. The Labute approximate surface area is 232 Å². The summed E-state index contributed by atoms with van der Waals surface area (Å²) < 4.78 is 70.1. The number of hydrogen-bond donors (Lipinski definition) is 2. The number of Topliss-reactive ketones (excluding diaryl/α,β-unsaturated/α-hetero) is 2. The highest BCUT2D eigenvalue weighted by molar-refractivity contribution is 5.99. The van der Waals surface area contributed by atoms with Gasteiger partial charge < -0.3 is 29.3 Å². The number of amides is 2. The summed E-state index contributed by atoms with van der Waals surface area (Å²) >= 11 is 0. The van der Waals surface area contributed by atoms with Crippen molar-refractivity contribution in [2.24, 2.45) is 5.92 Å². The molecule has 2 heterocycles. The highest BCUT2D eigenvalue weighted by atomic mass is 19.3. The summed E-state index contributed by atoms with van der Waals surface area (Å²) in [5, 5.41) is 4.70. The maximum atomic E-state index is 13.2. The number of alkyl halides is 4.